The Morgan fingerprint density at radius 3 is 2.93 bits per heavy atom. The maximum Gasteiger partial charge on any atom is 0.247 e. The van der Waals surface area contributed by atoms with E-state index in [0.29, 0.717) is 18.1 Å². The second-order valence-electron chi connectivity index (χ2n) is 6.89. The van der Waals surface area contributed by atoms with Gasteiger partial charge in [0.25, 0.3) is 0 Å². The van der Waals surface area contributed by atoms with Gasteiger partial charge in [0.15, 0.2) is 11.5 Å². The monoisotopic (exact) mass is 408 g/mol. The third-order valence-electron chi connectivity index (χ3n) is 5.04. The molecule has 1 fully saturated rings. The van der Waals surface area contributed by atoms with Crippen LogP contribution >= 0.6 is 11.3 Å². The summed E-state index contributed by atoms with van der Waals surface area (Å²) >= 11 is 1.68. The number of thiazole rings is 1. The van der Waals surface area contributed by atoms with Crippen molar-refractivity contribution < 1.29 is 14.3 Å². The summed E-state index contributed by atoms with van der Waals surface area (Å²) in [5, 5.41) is 1.02. The number of benzene rings is 2. The highest BCUT2D eigenvalue weighted by atomic mass is 32.1. The molecule has 0 aliphatic carbocycles. The summed E-state index contributed by atoms with van der Waals surface area (Å²) in [6.07, 6.45) is 5.43. The van der Waals surface area contributed by atoms with E-state index in [1.54, 1.807) is 24.5 Å². The van der Waals surface area contributed by atoms with Gasteiger partial charge in [0.1, 0.15) is 5.01 Å². The average Bonchev–Trinajstić information content (AvgIpc) is 3.39. The van der Waals surface area contributed by atoms with Gasteiger partial charge in [-0.1, -0.05) is 18.2 Å². The Morgan fingerprint density at radius 1 is 1.28 bits per heavy atom. The van der Waals surface area contributed by atoms with Gasteiger partial charge < -0.3 is 14.4 Å². The van der Waals surface area contributed by atoms with Gasteiger partial charge in [-0.05, 0) is 55.7 Å². The molecule has 0 bridgehead atoms. The van der Waals surface area contributed by atoms with Crippen LogP contribution in [-0.2, 0) is 4.79 Å². The molecule has 0 radical (unpaired) electrons. The van der Waals surface area contributed by atoms with Crippen LogP contribution in [0.5, 0.6) is 11.5 Å². The fourth-order valence-corrected chi connectivity index (χ4v) is 4.76. The fourth-order valence-electron chi connectivity index (χ4n) is 3.65. The summed E-state index contributed by atoms with van der Waals surface area (Å²) in [4.78, 5) is 19.6. The highest BCUT2D eigenvalue weighted by Gasteiger charge is 2.31. The molecule has 6 heteroatoms. The zero-order chi connectivity index (χ0) is 20.2. The summed E-state index contributed by atoms with van der Waals surface area (Å²) in [5.41, 5.74) is 1.90. The molecule has 29 heavy (non-hydrogen) atoms. The van der Waals surface area contributed by atoms with Crippen molar-refractivity contribution in [1.29, 1.82) is 0 Å². The van der Waals surface area contributed by atoms with Crippen LogP contribution in [-0.4, -0.2) is 36.1 Å². The minimum Gasteiger partial charge on any atom is -0.493 e. The van der Waals surface area contributed by atoms with Crippen molar-refractivity contribution in [3.05, 3.63) is 59.1 Å². The first kappa shape index (κ1) is 19.5. The largest absolute Gasteiger partial charge is 0.493 e. The van der Waals surface area contributed by atoms with Gasteiger partial charge in [0.2, 0.25) is 5.91 Å². The topological polar surface area (TPSA) is 51.7 Å². The van der Waals surface area contributed by atoms with Crippen molar-refractivity contribution in [3.63, 3.8) is 0 Å². The van der Waals surface area contributed by atoms with E-state index in [0.717, 1.165) is 35.5 Å². The van der Waals surface area contributed by atoms with E-state index in [1.165, 1.54) is 4.70 Å². The molecule has 5 nitrogen and oxygen atoms in total. The Hall–Kier alpha value is -2.86. The number of rotatable bonds is 6. The molecular weight excluding hydrogens is 384 g/mol. The third-order valence-corrected chi connectivity index (χ3v) is 6.17. The number of carbonyl (C=O) groups excluding carboxylic acids is 1. The Balaban J connectivity index is 1.52. The van der Waals surface area contributed by atoms with E-state index in [4.69, 9.17) is 14.5 Å². The molecular formula is C23H24N2O3S. The second kappa shape index (κ2) is 8.66. The fraction of sp³-hybridized carbons (Fsp3) is 0.304. The highest BCUT2D eigenvalue weighted by molar-refractivity contribution is 7.18. The van der Waals surface area contributed by atoms with Crippen LogP contribution in [0.15, 0.2) is 48.5 Å². The number of likely N-dealkylation sites (tertiary alicyclic amines) is 1. The van der Waals surface area contributed by atoms with Gasteiger partial charge in [-0.3, -0.25) is 4.79 Å². The zero-order valence-corrected chi connectivity index (χ0v) is 17.4. The van der Waals surface area contributed by atoms with E-state index >= 15 is 0 Å². The quantitative estimate of drug-likeness (QED) is 0.534. The molecule has 1 aromatic heterocycles. The molecule has 1 aliphatic rings. The van der Waals surface area contributed by atoms with Crippen molar-refractivity contribution in [2.75, 3.05) is 20.3 Å². The minimum absolute atomic E-state index is 0.0144. The number of aromatic nitrogens is 1. The standard InChI is InChI=1S/C23H24N2O3S/c1-3-28-20-15-16(10-12-19(20)27-2)11-13-22(26)25-14-6-8-18(25)23-24-17-7-4-5-9-21(17)29-23/h4-5,7,9-13,15,18H,3,6,8,14H2,1-2H3/b13-11+. The van der Waals surface area contributed by atoms with Crippen LogP contribution in [0.1, 0.15) is 36.4 Å². The Morgan fingerprint density at radius 2 is 2.14 bits per heavy atom. The van der Waals surface area contributed by atoms with Crippen molar-refractivity contribution >= 4 is 33.5 Å². The smallest absolute Gasteiger partial charge is 0.247 e. The molecule has 2 heterocycles. The normalized spacial score (nSPS) is 16.6. The molecule has 150 valence electrons. The van der Waals surface area contributed by atoms with Gasteiger partial charge in [-0.15, -0.1) is 11.3 Å². The summed E-state index contributed by atoms with van der Waals surface area (Å²) in [5.74, 6) is 1.38. The van der Waals surface area contributed by atoms with Crippen LogP contribution in [0.2, 0.25) is 0 Å². The van der Waals surface area contributed by atoms with E-state index in [9.17, 15) is 4.79 Å². The number of carbonyl (C=O) groups is 1. The first-order valence-electron chi connectivity index (χ1n) is 9.84. The van der Waals surface area contributed by atoms with Crippen molar-refractivity contribution in [2.45, 2.75) is 25.8 Å². The van der Waals surface area contributed by atoms with Gasteiger partial charge in [-0.25, -0.2) is 4.98 Å². The second-order valence-corrected chi connectivity index (χ2v) is 7.95. The number of para-hydroxylation sites is 1. The molecule has 0 spiro atoms. The maximum absolute atomic E-state index is 12.9. The number of methoxy groups -OCH3 is 1. The maximum atomic E-state index is 12.9. The van der Waals surface area contributed by atoms with Gasteiger partial charge in [0.05, 0.1) is 30.0 Å². The molecule has 1 amide bonds. The molecule has 3 aromatic rings. The average molecular weight is 409 g/mol. The van der Waals surface area contributed by atoms with Gasteiger partial charge in [0, 0.05) is 12.6 Å². The van der Waals surface area contributed by atoms with E-state index < -0.39 is 0 Å². The lowest BCUT2D eigenvalue weighted by molar-refractivity contribution is -0.126. The summed E-state index contributed by atoms with van der Waals surface area (Å²) in [6, 6.07) is 13.8. The van der Waals surface area contributed by atoms with Crippen LogP contribution in [0.4, 0.5) is 0 Å². The van der Waals surface area contributed by atoms with Crippen molar-refractivity contribution in [2.24, 2.45) is 0 Å². The highest BCUT2D eigenvalue weighted by Crippen LogP contribution is 2.36. The first-order chi connectivity index (χ1) is 14.2. The molecule has 1 aliphatic heterocycles. The molecule has 2 aromatic carbocycles. The van der Waals surface area contributed by atoms with Crippen LogP contribution in [0, 0.1) is 0 Å². The Bertz CT molecular complexity index is 1010. The number of hydrogen-bond donors (Lipinski definition) is 0. The SMILES string of the molecule is CCOc1cc(/C=C/C(=O)N2CCCC2c2nc3ccccc3s2)ccc1OC. The number of nitrogens with zero attached hydrogens (tertiary/aromatic N) is 2. The van der Waals surface area contributed by atoms with Gasteiger partial charge in [-0.2, -0.15) is 0 Å². The van der Waals surface area contributed by atoms with Crippen LogP contribution in [0.25, 0.3) is 16.3 Å². The Kier molecular flexibility index (Phi) is 5.81. The molecule has 4 rings (SSSR count). The zero-order valence-electron chi connectivity index (χ0n) is 16.6. The first-order valence-corrected chi connectivity index (χ1v) is 10.7. The predicted octanol–water partition coefficient (Wildman–Crippen LogP) is 5.08. The molecule has 0 N–H and O–H groups in total. The molecule has 1 atom stereocenters. The van der Waals surface area contributed by atoms with E-state index in [1.807, 2.05) is 54.3 Å². The van der Waals surface area contributed by atoms with Crippen LogP contribution < -0.4 is 9.47 Å². The lowest BCUT2D eigenvalue weighted by Crippen LogP contribution is -2.28. The third kappa shape index (κ3) is 4.12. The lowest BCUT2D eigenvalue weighted by atomic mass is 10.1. The number of hydrogen-bond acceptors (Lipinski definition) is 5. The summed E-state index contributed by atoms with van der Waals surface area (Å²) < 4.78 is 12.1. The van der Waals surface area contributed by atoms with Gasteiger partial charge >= 0.3 is 0 Å². The van der Waals surface area contributed by atoms with E-state index in [2.05, 4.69) is 6.07 Å². The Labute approximate surface area is 174 Å². The number of amides is 1. The lowest BCUT2D eigenvalue weighted by Gasteiger charge is -2.21. The van der Waals surface area contributed by atoms with Crippen molar-refractivity contribution in [1.82, 2.24) is 9.88 Å². The summed E-state index contributed by atoms with van der Waals surface area (Å²) in [6.45, 7) is 3.25. The summed E-state index contributed by atoms with van der Waals surface area (Å²) in [7, 11) is 1.62. The molecule has 1 unspecified atom stereocenters. The number of ether oxygens (including phenoxy) is 2. The molecule has 0 saturated carbocycles. The predicted molar refractivity (Wildman–Crippen MR) is 117 cm³/mol. The van der Waals surface area contributed by atoms with E-state index in [-0.39, 0.29) is 11.9 Å². The van der Waals surface area contributed by atoms with Crippen molar-refractivity contribution in [3.8, 4) is 11.5 Å². The molecule has 1 saturated heterocycles. The van der Waals surface area contributed by atoms with Crippen LogP contribution in [0.3, 0.4) is 0 Å². The number of fused-ring (bicyclic) bond motifs is 1. The minimum atomic E-state index is 0.0144.